The molecule has 2 aromatic rings. The second kappa shape index (κ2) is 4.26. The zero-order valence-electron chi connectivity index (χ0n) is 8.22. The molecule has 0 nitrogen and oxygen atoms in total. The highest BCUT2D eigenvalue weighted by Gasteiger charge is 2.07. The molecule has 0 aliphatic rings. The first-order chi connectivity index (χ1) is 7.18. The average molecular weight is 236 g/mol. The topological polar surface area (TPSA) is 0 Å². The molecule has 0 bridgehead atoms. The molecular formula is C13H9Cl2. The van der Waals surface area contributed by atoms with E-state index in [0.29, 0.717) is 10.0 Å². The number of benzene rings is 2. The van der Waals surface area contributed by atoms with Crippen LogP contribution in [-0.4, -0.2) is 0 Å². The van der Waals surface area contributed by atoms with Gasteiger partial charge in [0.1, 0.15) is 0 Å². The third kappa shape index (κ3) is 2.17. The lowest BCUT2D eigenvalue weighted by Crippen LogP contribution is -1.82. The second-order valence-electron chi connectivity index (χ2n) is 3.38. The highest BCUT2D eigenvalue weighted by Crippen LogP contribution is 2.34. The van der Waals surface area contributed by atoms with Gasteiger partial charge in [-0.05, 0) is 18.6 Å². The van der Waals surface area contributed by atoms with Crippen molar-refractivity contribution in [3.63, 3.8) is 0 Å². The van der Waals surface area contributed by atoms with Crippen LogP contribution in [0.2, 0.25) is 10.0 Å². The minimum absolute atomic E-state index is 0.563. The van der Waals surface area contributed by atoms with Crippen LogP contribution < -0.4 is 0 Å². The Morgan fingerprint density at radius 2 is 1.93 bits per heavy atom. The van der Waals surface area contributed by atoms with E-state index in [2.05, 4.69) is 12.1 Å². The molecule has 0 saturated heterocycles. The summed E-state index contributed by atoms with van der Waals surface area (Å²) in [5, 5.41) is 1.22. The summed E-state index contributed by atoms with van der Waals surface area (Å²) >= 11 is 12.2. The molecular weight excluding hydrogens is 227 g/mol. The van der Waals surface area contributed by atoms with Crippen LogP contribution in [0, 0.1) is 13.0 Å². The fourth-order valence-electron chi connectivity index (χ4n) is 1.51. The Morgan fingerprint density at radius 1 is 1.13 bits per heavy atom. The van der Waals surface area contributed by atoms with Gasteiger partial charge >= 0.3 is 0 Å². The van der Waals surface area contributed by atoms with E-state index in [9.17, 15) is 0 Å². The molecule has 0 amide bonds. The van der Waals surface area contributed by atoms with E-state index >= 15 is 0 Å². The van der Waals surface area contributed by atoms with Gasteiger partial charge < -0.3 is 0 Å². The van der Waals surface area contributed by atoms with Gasteiger partial charge in [-0.15, -0.1) is 0 Å². The Balaban J connectivity index is 2.63. The molecule has 0 aliphatic heterocycles. The minimum atomic E-state index is 0.563. The molecule has 0 unspecified atom stereocenters. The largest absolute Gasteiger partial charge is 0.0836 e. The maximum Gasteiger partial charge on any atom is 0.0578 e. The Labute approximate surface area is 99.5 Å². The number of aryl methyl sites for hydroxylation is 1. The zero-order valence-corrected chi connectivity index (χ0v) is 9.73. The number of hydrogen-bond donors (Lipinski definition) is 0. The van der Waals surface area contributed by atoms with E-state index in [1.165, 1.54) is 5.56 Å². The molecule has 15 heavy (non-hydrogen) atoms. The number of halogens is 2. The first-order valence-electron chi connectivity index (χ1n) is 4.61. The van der Waals surface area contributed by atoms with Gasteiger partial charge in [-0.2, -0.15) is 0 Å². The summed E-state index contributed by atoms with van der Waals surface area (Å²) in [6, 6.07) is 14.5. The second-order valence-corrected chi connectivity index (χ2v) is 4.17. The summed E-state index contributed by atoms with van der Waals surface area (Å²) in [5.74, 6) is 0. The van der Waals surface area contributed by atoms with Crippen molar-refractivity contribution in [1.29, 1.82) is 0 Å². The Kier molecular flexibility index (Phi) is 2.99. The lowest BCUT2D eigenvalue weighted by atomic mass is 10.0. The fourth-order valence-corrected chi connectivity index (χ4v) is 2.10. The normalized spacial score (nSPS) is 10.3. The zero-order chi connectivity index (χ0) is 10.8. The maximum absolute atomic E-state index is 6.11. The first-order valence-corrected chi connectivity index (χ1v) is 5.37. The summed E-state index contributed by atoms with van der Waals surface area (Å²) in [4.78, 5) is 0. The van der Waals surface area contributed by atoms with Gasteiger partial charge in [-0.1, -0.05) is 59.1 Å². The molecule has 0 aliphatic carbocycles. The summed E-state index contributed by atoms with van der Waals surface area (Å²) in [6.45, 7) is 2.04. The quantitative estimate of drug-likeness (QED) is 0.669. The van der Waals surface area contributed by atoms with Gasteiger partial charge in [-0.25, -0.2) is 0 Å². The Morgan fingerprint density at radius 3 is 2.60 bits per heavy atom. The van der Waals surface area contributed by atoms with Gasteiger partial charge in [0, 0.05) is 16.7 Å². The third-order valence-electron chi connectivity index (χ3n) is 2.20. The highest BCUT2D eigenvalue weighted by molar-refractivity contribution is 6.39. The van der Waals surface area contributed by atoms with Gasteiger partial charge in [0.15, 0.2) is 0 Å². The predicted molar refractivity (Wildman–Crippen MR) is 65.5 cm³/mol. The molecule has 0 fully saturated rings. The molecule has 0 spiro atoms. The van der Waals surface area contributed by atoms with Crippen molar-refractivity contribution < 1.29 is 0 Å². The van der Waals surface area contributed by atoms with E-state index in [0.717, 1.165) is 11.1 Å². The van der Waals surface area contributed by atoms with Crippen molar-refractivity contribution in [2.24, 2.45) is 0 Å². The van der Waals surface area contributed by atoms with Crippen LogP contribution in [0.1, 0.15) is 5.56 Å². The molecule has 75 valence electrons. The van der Waals surface area contributed by atoms with Crippen LogP contribution in [-0.2, 0) is 0 Å². The first kappa shape index (κ1) is 10.5. The third-order valence-corrected chi connectivity index (χ3v) is 2.82. The average Bonchev–Trinajstić information content (AvgIpc) is 2.17. The standard InChI is InChI=1S/C13H9Cl2/c1-9-4-2-5-10(8-9)13-11(14)6-3-7-12(13)15/h2-6,8H,1H3. The van der Waals surface area contributed by atoms with Crippen LogP contribution in [0.4, 0.5) is 0 Å². The number of hydrogen-bond acceptors (Lipinski definition) is 0. The fraction of sp³-hybridized carbons (Fsp3) is 0.0769. The summed E-state index contributed by atoms with van der Waals surface area (Å²) in [7, 11) is 0. The van der Waals surface area contributed by atoms with E-state index < -0.39 is 0 Å². The summed E-state index contributed by atoms with van der Waals surface area (Å²) in [5.41, 5.74) is 3.06. The van der Waals surface area contributed by atoms with Crippen molar-refractivity contribution in [1.82, 2.24) is 0 Å². The van der Waals surface area contributed by atoms with Gasteiger partial charge in [-0.3, -0.25) is 0 Å². The molecule has 2 heteroatoms. The van der Waals surface area contributed by atoms with Crippen LogP contribution in [0.3, 0.4) is 0 Å². The van der Waals surface area contributed by atoms with E-state index in [1.54, 1.807) is 12.1 Å². The Hall–Kier alpha value is -0.980. The Bertz CT molecular complexity index is 469. The lowest BCUT2D eigenvalue weighted by molar-refractivity contribution is 1.47. The van der Waals surface area contributed by atoms with Crippen LogP contribution >= 0.6 is 23.2 Å². The van der Waals surface area contributed by atoms with Crippen molar-refractivity contribution in [2.75, 3.05) is 0 Å². The van der Waals surface area contributed by atoms with Gasteiger partial charge in [0.05, 0.1) is 5.02 Å². The van der Waals surface area contributed by atoms with Crippen molar-refractivity contribution >= 4 is 23.2 Å². The SMILES string of the molecule is Cc1cccc(-c2c(Cl)[c]ccc2Cl)c1. The maximum atomic E-state index is 6.11. The molecule has 0 saturated carbocycles. The van der Waals surface area contributed by atoms with Crippen molar-refractivity contribution in [3.05, 3.63) is 58.1 Å². The summed E-state index contributed by atoms with van der Waals surface area (Å²) < 4.78 is 0. The minimum Gasteiger partial charge on any atom is -0.0836 e. The van der Waals surface area contributed by atoms with Crippen LogP contribution in [0.5, 0.6) is 0 Å². The molecule has 0 atom stereocenters. The van der Waals surface area contributed by atoms with Crippen molar-refractivity contribution in [2.45, 2.75) is 6.92 Å². The van der Waals surface area contributed by atoms with E-state index in [4.69, 9.17) is 23.2 Å². The molecule has 2 rings (SSSR count). The molecule has 2 aromatic carbocycles. The van der Waals surface area contributed by atoms with Gasteiger partial charge in [0.25, 0.3) is 0 Å². The van der Waals surface area contributed by atoms with Crippen molar-refractivity contribution in [3.8, 4) is 11.1 Å². The van der Waals surface area contributed by atoms with E-state index in [-0.39, 0.29) is 0 Å². The van der Waals surface area contributed by atoms with Crippen LogP contribution in [0.15, 0.2) is 36.4 Å². The van der Waals surface area contributed by atoms with Crippen LogP contribution in [0.25, 0.3) is 11.1 Å². The molecule has 0 aromatic heterocycles. The summed E-state index contributed by atoms with van der Waals surface area (Å²) in [6.07, 6.45) is 0. The highest BCUT2D eigenvalue weighted by atomic mass is 35.5. The predicted octanol–water partition coefficient (Wildman–Crippen LogP) is 4.77. The van der Waals surface area contributed by atoms with E-state index in [1.807, 2.05) is 25.1 Å². The number of rotatable bonds is 1. The molecule has 0 heterocycles. The van der Waals surface area contributed by atoms with Gasteiger partial charge in [0.2, 0.25) is 0 Å². The monoisotopic (exact) mass is 235 g/mol. The molecule has 0 N–H and O–H groups in total. The molecule has 1 radical (unpaired) electrons. The lowest BCUT2D eigenvalue weighted by Gasteiger charge is -2.07. The smallest absolute Gasteiger partial charge is 0.0578 e.